The molecule has 2 amide bonds. The van der Waals surface area contributed by atoms with Gasteiger partial charge < -0.3 is 30.0 Å². The largest absolute Gasteiger partial charge is 0.387 e. The van der Waals surface area contributed by atoms with E-state index in [1.165, 1.54) is 34.5 Å². The Morgan fingerprint density at radius 2 is 1.16 bits per heavy atom. The molecule has 0 unspecified atom stereocenters. The molecule has 6 aromatic rings. The molecule has 0 spiro atoms. The predicted molar refractivity (Wildman–Crippen MR) is 269 cm³/mol. The topological polar surface area (TPSA) is 264 Å². The average Bonchev–Trinajstić information content (AvgIpc) is 4.20. The second-order valence-corrected chi connectivity index (χ2v) is 16.3. The molecule has 0 aliphatic carbocycles. The Labute approximate surface area is 418 Å². The van der Waals surface area contributed by atoms with E-state index in [2.05, 4.69) is 50.9 Å². The highest BCUT2D eigenvalue weighted by molar-refractivity contribution is 14.1. The number of benzene rings is 2. The van der Waals surface area contributed by atoms with Crippen LogP contribution < -0.4 is 10.6 Å². The van der Waals surface area contributed by atoms with Gasteiger partial charge in [0.1, 0.15) is 48.2 Å². The number of nitrogens with zero attached hydrogens (tertiary/aromatic N) is 12. The molecule has 3 fully saturated rings. The van der Waals surface area contributed by atoms with Crippen molar-refractivity contribution in [3.63, 3.8) is 0 Å². The van der Waals surface area contributed by atoms with E-state index in [1.54, 1.807) is 85.8 Å². The highest BCUT2D eigenvalue weighted by atomic mass is 127. The molecule has 4 aromatic heterocycles. The number of alkyl halides is 4. The van der Waals surface area contributed by atoms with Gasteiger partial charge in [-0.3, -0.25) is 9.59 Å². The molecule has 3 aliphatic heterocycles. The van der Waals surface area contributed by atoms with Crippen LogP contribution in [0.5, 0.6) is 0 Å². The normalized spacial score (nSPS) is 24.5. The smallest absolute Gasteiger partial charge is 0.256 e. The van der Waals surface area contributed by atoms with Crippen molar-refractivity contribution in [2.24, 2.45) is 16.1 Å². The predicted octanol–water partition coefficient (Wildman–Crippen LogP) is 10.4. The van der Waals surface area contributed by atoms with Crippen molar-refractivity contribution >= 4 is 79.7 Å². The first-order chi connectivity index (χ1) is 31.5. The summed E-state index contributed by atoms with van der Waals surface area (Å²) in [6, 6.07) is 23.9. The first kappa shape index (κ1) is 55.0. The lowest BCUT2D eigenvalue weighted by Crippen LogP contribution is -2.41. The maximum absolute atomic E-state index is 15.2. The number of anilines is 2. The standard InChI is InChI=1S/C19H17FIN7O2.C18H15FIN7O3.C4H8O.3CH4/c1-11-15(20)16(30-19(11,9-21)26-27-22)13-7-8-14-17(23-10-24-28(13)14)25-18(29)12-5-3-2-4-6-12;19-13-14(30-18(8-20,15(13)28)25-26-21)11-6-7-12-16(22-9-23-27(11)12)24-17(29)10-4-2-1-3-5-10;1-2-4-5-3-1;;;/h2-8,10-11,15-16H,9H2,1H3,(H,23,24,25,29);1-7,9,13-15,28H,8H2,(H,22,23,24,29);1-4H2;3*1H4/t11-,15+,16-,19+;13-,14-,15-,18+;;;;/m00..../s1. The van der Waals surface area contributed by atoms with E-state index in [0.29, 0.717) is 38.1 Å². The van der Waals surface area contributed by atoms with Crippen LogP contribution in [0.1, 0.15) is 86.4 Å². The van der Waals surface area contributed by atoms with Crippen LogP contribution in [-0.2, 0) is 14.2 Å². The summed E-state index contributed by atoms with van der Waals surface area (Å²) in [5.41, 5.74) is 17.3. The van der Waals surface area contributed by atoms with Crippen LogP contribution in [0.15, 0.2) is 108 Å². The van der Waals surface area contributed by atoms with E-state index < -0.39 is 48.0 Å². The third-order valence-electron chi connectivity index (χ3n) is 10.9. The van der Waals surface area contributed by atoms with Crippen LogP contribution in [0.2, 0.25) is 0 Å². The van der Waals surface area contributed by atoms with Gasteiger partial charge in [0.25, 0.3) is 11.8 Å². The molecule has 3 saturated heterocycles. The number of hydrogen-bond donors (Lipinski definition) is 3. The summed E-state index contributed by atoms with van der Waals surface area (Å²) < 4.78 is 49.9. The number of rotatable bonds is 10. The number of aliphatic hydroxyl groups excluding tert-OH is 1. The van der Waals surface area contributed by atoms with E-state index in [1.807, 2.05) is 51.2 Å². The summed E-state index contributed by atoms with van der Waals surface area (Å²) in [7, 11) is 0. The number of carbonyl (C=O) groups is 2. The SMILES string of the molecule is C.C.C.C1CCOC1.C[C@H]1[C@@H](F)[C@H](c2ccc3c(NC(=O)c4ccccc4)ncnn23)O[C@@]1(CI)N=[N+]=[N-].[N-]=[N+]=N[C@]1(CI)O[C@@H](c2ccc3c(NC(=O)c4ccccc4)ncnn23)[C@H](F)[C@@H]1O. The first-order valence-electron chi connectivity index (χ1n) is 20.0. The Hall–Kier alpha value is -5.60. The molecule has 68 heavy (non-hydrogen) atoms. The monoisotopic (exact) mass is 1160 g/mol. The van der Waals surface area contributed by atoms with Gasteiger partial charge in [-0.05, 0) is 72.4 Å². The van der Waals surface area contributed by atoms with Gasteiger partial charge in [-0.25, -0.2) is 27.8 Å². The number of azide groups is 2. The zero-order valence-electron chi connectivity index (χ0n) is 34.3. The highest BCUT2D eigenvalue weighted by Gasteiger charge is 2.56. The Balaban J connectivity index is 0.000000258. The molecule has 7 heterocycles. The Morgan fingerprint density at radius 3 is 1.57 bits per heavy atom. The van der Waals surface area contributed by atoms with Gasteiger partial charge in [-0.2, -0.15) is 10.2 Å². The molecule has 362 valence electrons. The molecule has 3 aliphatic rings. The molecular formula is C44H52F2I2N14O6. The lowest BCUT2D eigenvalue weighted by Gasteiger charge is -2.24. The van der Waals surface area contributed by atoms with Crippen molar-refractivity contribution in [1.82, 2.24) is 29.2 Å². The van der Waals surface area contributed by atoms with Crippen molar-refractivity contribution in [2.75, 3.05) is 32.7 Å². The maximum Gasteiger partial charge on any atom is 0.256 e. The number of nitrogens with one attached hydrogen (secondary N) is 2. The highest BCUT2D eigenvalue weighted by Crippen LogP contribution is 2.48. The van der Waals surface area contributed by atoms with Crippen molar-refractivity contribution in [1.29, 1.82) is 0 Å². The second kappa shape index (κ2) is 24.6. The number of halogens is 4. The van der Waals surface area contributed by atoms with Crippen molar-refractivity contribution in [3.8, 4) is 0 Å². The number of aromatic nitrogens is 6. The van der Waals surface area contributed by atoms with Gasteiger partial charge in [0.2, 0.25) is 0 Å². The van der Waals surface area contributed by atoms with Crippen LogP contribution in [0.3, 0.4) is 0 Å². The number of ether oxygens (including phenoxy) is 3. The lowest BCUT2D eigenvalue weighted by molar-refractivity contribution is -0.0612. The average molecular weight is 1160 g/mol. The minimum Gasteiger partial charge on any atom is -0.387 e. The zero-order chi connectivity index (χ0) is 46.1. The van der Waals surface area contributed by atoms with Crippen molar-refractivity contribution in [3.05, 3.63) is 141 Å². The van der Waals surface area contributed by atoms with Gasteiger partial charge >= 0.3 is 0 Å². The fourth-order valence-electron chi connectivity index (χ4n) is 7.37. The maximum atomic E-state index is 15.2. The number of carbonyl (C=O) groups excluding carboxylic acids is 2. The fraction of sp³-hybridized carbons (Fsp3) is 0.409. The van der Waals surface area contributed by atoms with Gasteiger partial charge in [0.05, 0.1) is 11.4 Å². The summed E-state index contributed by atoms with van der Waals surface area (Å²) in [6.45, 7) is 3.66. The molecular weight excluding hydrogens is 1110 g/mol. The Morgan fingerprint density at radius 1 is 0.735 bits per heavy atom. The fourth-order valence-corrected chi connectivity index (χ4v) is 9.18. The van der Waals surface area contributed by atoms with E-state index in [0.717, 1.165) is 13.2 Å². The zero-order valence-corrected chi connectivity index (χ0v) is 38.6. The Kier molecular flexibility index (Phi) is 19.9. The summed E-state index contributed by atoms with van der Waals surface area (Å²) in [5, 5.41) is 31.4. The molecule has 3 N–H and O–H groups in total. The van der Waals surface area contributed by atoms with E-state index in [4.69, 9.17) is 25.3 Å². The second-order valence-electron chi connectivity index (χ2n) is 14.8. The minimum absolute atomic E-state index is 0. The van der Waals surface area contributed by atoms with Crippen molar-refractivity contribution in [2.45, 2.75) is 84.2 Å². The molecule has 20 nitrogen and oxygen atoms in total. The van der Waals surface area contributed by atoms with Crippen LogP contribution >= 0.6 is 45.2 Å². The molecule has 2 aromatic carbocycles. The number of hydrogen-bond acceptors (Lipinski definition) is 12. The van der Waals surface area contributed by atoms with E-state index >= 15 is 4.39 Å². The molecule has 0 bridgehead atoms. The van der Waals surface area contributed by atoms with Gasteiger partial charge in [0, 0.05) is 48.9 Å². The summed E-state index contributed by atoms with van der Waals surface area (Å²) in [4.78, 5) is 38.8. The van der Waals surface area contributed by atoms with Crippen LogP contribution in [-0.4, -0.2) is 98.1 Å². The van der Waals surface area contributed by atoms with Gasteiger partial charge in [-0.15, -0.1) is 0 Å². The van der Waals surface area contributed by atoms with E-state index in [9.17, 15) is 19.1 Å². The number of amides is 2. The van der Waals surface area contributed by atoms with Crippen LogP contribution in [0, 0.1) is 5.92 Å². The lowest BCUT2D eigenvalue weighted by atomic mass is 9.95. The quantitative estimate of drug-likeness (QED) is 0.0384. The number of fused-ring (bicyclic) bond motifs is 2. The third-order valence-corrected chi connectivity index (χ3v) is 13.1. The molecule has 24 heteroatoms. The van der Waals surface area contributed by atoms with Gasteiger partial charge in [0.15, 0.2) is 29.3 Å². The third kappa shape index (κ3) is 11.3. The summed E-state index contributed by atoms with van der Waals surface area (Å²) in [6.07, 6.45) is -2.04. The van der Waals surface area contributed by atoms with Gasteiger partial charge in [-0.1, -0.05) is 121 Å². The Bertz CT molecular complexity index is 2540. The number of aliphatic hydroxyl groups is 1. The molecule has 0 radical (unpaired) electrons. The van der Waals surface area contributed by atoms with Crippen LogP contribution in [0.4, 0.5) is 20.4 Å². The molecule has 8 atom stereocenters. The van der Waals surface area contributed by atoms with Crippen molar-refractivity contribution < 1.29 is 37.7 Å². The van der Waals surface area contributed by atoms with E-state index in [-0.39, 0.29) is 50.0 Å². The minimum atomic E-state index is -1.85. The first-order valence-corrected chi connectivity index (χ1v) is 23.1. The molecule has 0 saturated carbocycles. The summed E-state index contributed by atoms with van der Waals surface area (Å²) in [5.74, 6) is -0.793. The molecule has 9 rings (SSSR count). The van der Waals surface area contributed by atoms with Crippen LogP contribution in [0.25, 0.3) is 31.9 Å². The summed E-state index contributed by atoms with van der Waals surface area (Å²) >= 11 is 3.89.